The quantitative estimate of drug-likeness (QED) is 0.224. The van der Waals surface area contributed by atoms with E-state index in [-0.39, 0.29) is 17.2 Å². The van der Waals surface area contributed by atoms with Crippen LogP contribution in [0, 0.1) is 12.8 Å². The van der Waals surface area contributed by atoms with Gasteiger partial charge in [0.1, 0.15) is 17.2 Å². The zero-order valence-corrected chi connectivity index (χ0v) is 22.5. The number of hydrogen-bond acceptors (Lipinski definition) is 6. The Bertz CT molecular complexity index is 1700. The average molecular weight is 548 g/mol. The topological polar surface area (TPSA) is 105 Å². The van der Waals surface area contributed by atoms with Gasteiger partial charge in [-0.05, 0) is 73.0 Å². The van der Waals surface area contributed by atoms with Gasteiger partial charge in [0.05, 0.1) is 24.1 Å². The van der Waals surface area contributed by atoms with Gasteiger partial charge in [-0.3, -0.25) is 4.79 Å². The highest BCUT2D eigenvalue weighted by Crippen LogP contribution is 2.31. The summed E-state index contributed by atoms with van der Waals surface area (Å²) in [6.45, 7) is 4.10. The van der Waals surface area contributed by atoms with Crippen molar-refractivity contribution in [3.63, 3.8) is 0 Å². The van der Waals surface area contributed by atoms with Crippen LogP contribution in [-0.2, 0) is 0 Å². The van der Waals surface area contributed by atoms with Crippen LogP contribution in [0.25, 0.3) is 22.1 Å². The van der Waals surface area contributed by atoms with Crippen molar-refractivity contribution >= 4 is 34.4 Å². The van der Waals surface area contributed by atoms with Crippen molar-refractivity contribution in [2.45, 2.75) is 13.3 Å². The maximum absolute atomic E-state index is 13.1. The molecule has 2 aromatic heterocycles. The van der Waals surface area contributed by atoms with Crippen LogP contribution < -0.4 is 15.0 Å². The van der Waals surface area contributed by atoms with Gasteiger partial charge >= 0.3 is 5.97 Å². The Morgan fingerprint density at radius 2 is 1.83 bits per heavy atom. The number of furan rings is 1. The lowest BCUT2D eigenvalue weighted by Crippen LogP contribution is -2.22. The van der Waals surface area contributed by atoms with E-state index >= 15 is 0 Å². The van der Waals surface area contributed by atoms with Crippen LogP contribution >= 0.6 is 0 Å². The summed E-state index contributed by atoms with van der Waals surface area (Å²) in [7, 11) is 0. The SMILES string of the molecule is Cc1c(C(=O)Nc2ccc(N3CC[C@@H](COc4ccc(C(=O)O)cc4)C3)nc2)oc2ccc(-c3ccccc3)cc12. The van der Waals surface area contributed by atoms with Gasteiger partial charge in [-0.25, -0.2) is 9.78 Å². The molecular weight excluding hydrogens is 518 g/mol. The molecular formula is C33H29N3O5. The number of ether oxygens (including phenoxy) is 1. The van der Waals surface area contributed by atoms with Crippen LogP contribution in [-0.4, -0.2) is 41.7 Å². The van der Waals surface area contributed by atoms with Gasteiger partial charge < -0.3 is 24.5 Å². The minimum atomic E-state index is -0.955. The number of benzene rings is 3. The van der Waals surface area contributed by atoms with Crippen molar-refractivity contribution in [2.75, 3.05) is 29.9 Å². The minimum absolute atomic E-state index is 0.236. The molecule has 1 aliphatic rings. The van der Waals surface area contributed by atoms with Crippen molar-refractivity contribution in [3.8, 4) is 16.9 Å². The molecule has 8 nitrogen and oxygen atoms in total. The molecule has 41 heavy (non-hydrogen) atoms. The monoisotopic (exact) mass is 547 g/mol. The highest BCUT2D eigenvalue weighted by Gasteiger charge is 2.24. The maximum Gasteiger partial charge on any atom is 0.335 e. The number of nitrogens with zero attached hydrogens (tertiary/aromatic N) is 2. The third-order valence-electron chi connectivity index (χ3n) is 7.45. The molecule has 1 saturated heterocycles. The molecule has 0 spiro atoms. The van der Waals surface area contributed by atoms with Crippen molar-refractivity contribution in [2.24, 2.45) is 5.92 Å². The van der Waals surface area contributed by atoms with Gasteiger partial charge in [-0.2, -0.15) is 0 Å². The minimum Gasteiger partial charge on any atom is -0.493 e. The highest BCUT2D eigenvalue weighted by molar-refractivity contribution is 6.06. The Hall–Kier alpha value is -5.11. The molecule has 1 amide bonds. The second-order valence-corrected chi connectivity index (χ2v) is 10.2. The number of pyridine rings is 1. The van der Waals surface area contributed by atoms with Gasteiger partial charge in [0.2, 0.25) is 0 Å². The molecule has 3 heterocycles. The molecule has 0 bridgehead atoms. The maximum atomic E-state index is 13.1. The zero-order valence-electron chi connectivity index (χ0n) is 22.5. The molecule has 5 aromatic rings. The number of carboxylic acids is 1. The molecule has 3 aromatic carbocycles. The van der Waals surface area contributed by atoms with Gasteiger partial charge in [0.25, 0.3) is 5.91 Å². The van der Waals surface area contributed by atoms with Gasteiger partial charge in [0.15, 0.2) is 5.76 Å². The fourth-order valence-electron chi connectivity index (χ4n) is 5.17. The first kappa shape index (κ1) is 26.1. The molecule has 6 rings (SSSR count). The van der Waals surface area contributed by atoms with Crippen LogP contribution in [0.3, 0.4) is 0 Å². The third-order valence-corrected chi connectivity index (χ3v) is 7.45. The lowest BCUT2D eigenvalue weighted by Gasteiger charge is -2.18. The summed E-state index contributed by atoms with van der Waals surface area (Å²) in [5, 5.41) is 12.9. The number of carbonyl (C=O) groups is 2. The Kier molecular flexibility index (Phi) is 7.12. The molecule has 8 heteroatoms. The Morgan fingerprint density at radius 1 is 1.02 bits per heavy atom. The predicted octanol–water partition coefficient (Wildman–Crippen LogP) is 6.66. The second-order valence-electron chi connectivity index (χ2n) is 10.2. The van der Waals surface area contributed by atoms with E-state index in [2.05, 4.69) is 33.4 Å². The fourth-order valence-corrected chi connectivity index (χ4v) is 5.17. The molecule has 1 aliphatic heterocycles. The molecule has 0 unspecified atom stereocenters. The number of anilines is 2. The summed E-state index contributed by atoms with van der Waals surface area (Å²) >= 11 is 0. The summed E-state index contributed by atoms with van der Waals surface area (Å²) in [6.07, 6.45) is 2.62. The Balaban J connectivity index is 1.06. The average Bonchev–Trinajstić information content (AvgIpc) is 3.61. The van der Waals surface area contributed by atoms with Crippen molar-refractivity contribution < 1.29 is 23.8 Å². The Labute approximate surface area is 237 Å². The number of fused-ring (bicyclic) bond motifs is 1. The normalized spacial score (nSPS) is 14.8. The van der Waals surface area contributed by atoms with E-state index in [0.29, 0.717) is 29.5 Å². The summed E-state index contributed by atoms with van der Waals surface area (Å²) in [5.41, 5.74) is 4.47. The van der Waals surface area contributed by atoms with Crippen LogP contribution in [0.15, 0.2) is 95.5 Å². The van der Waals surface area contributed by atoms with E-state index in [1.165, 1.54) is 0 Å². The summed E-state index contributed by atoms with van der Waals surface area (Å²) in [5.74, 6) is 0.836. The first-order valence-corrected chi connectivity index (χ1v) is 13.5. The summed E-state index contributed by atoms with van der Waals surface area (Å²) in [4.78, 5) is 30.9. The number of carbonyl (C=O) groups excluding carboxylic acids is 1. The largest absolute Gasteiger partial charge is 0.493 e. The van der Waals surface area contributed by atoms with Crippen molar-refractivity contribution in [1.29, 1.82) is 0 Å². The lowest BCUT2D eigenvalue weighted by atomic mass is 10.0. The molecule has 1 atom stereocenters. The smallest absolute Gasteiger partial charge is 0.335 e. The highest BCUT2D eigenvalue weighted by atomic mass is 16.5. The predicted molar refractivity (Wildman–Crippen MR) is 158 cm³/mol. The van der Waals surface area contributed by atoms with Gasteiger partial charge in [-0.15, -0.1) is 0 Å². The number of aryl methyl sites for hydroxylation is 1. The second kappa shape index (κ2) is 11.2. The molecule has 1 fully saturated rings. The number of aromatic carboxylic acids is 1. The molecule has 2 N–H and O–H groups in total. The lowest BCUT2D eigenvalue weighted by molar-refractivity contribution is 0.0696. The van der Waals surface area contributed by atoms with Crippen LogP contribution in [0.1, 0.15) is 32.9 Å². The summed E-state index contributed by atoms with van der Waals surface area (Å²) in [6, 6.07) is 26.3. The molecule has 0 saturated carbocycles. The number of aromatic nitrogens is 1. The zero-order chi connectivity index (χ0) is 28.3. The molecule has 0 radical (unpaired) electrons. The first-order valence-electron chi connectivity index (χ1n) is 13.5. The fraction of sp³-hybridized carbons (Fsp3) is 0.182. The first-order chi connectivity index (χ1) is 19.9. The van der Waals surface area contributed by atoms with E-state index in [4.69, 9.17) is 14.3 Å². The summed E-state index contributed by atoms with van der Waals surface area (Å²) < 4.78 is 11.8. The number of amides is 1. The van der Waals surface area contributed by atoms with Crippen LogP contribution in [0.2, 0.25) is 0 Å². The van der Waals surface area contributed by atoms with Crippen LogP contribution in [0.4, 0.5) is 11.5 Å². The standard InChI is InChI=1S/C33H29N3O5/c1-21-28-17-25(23-5-3-2-4-6-23)9-13-29(28)41-31(21)32(37)35-26-10-14-30(34-18-26)36-16-15-22(19-36)20-40-27-11-7-24(8-12-27)33(38)39/h2-14,17-18,22H,15-16,19-20H2,1H3,(H,35,37)(H,38,39)/t22-/m1/s1. The van der Waals surface area contributed by atoms with Crippen LogP contribution in [0.5, 0.6) is 5.75 Å². The van der Waals surface area contributed by atoms with E-state index in [1.807, 2.05) is 49.4 Å². The van der Waals surface area contributed by atoms with Gasteiger partial charge in [0, 0.05) is 30.0 Å². The molecule has 206 valence electrons. The Morgan fingerprint density at radius 3 is 2.56 bits per heavy atom. The number of hydrogen-bond donors (Lipinski definition) is 2. The van der Waals surface area contributed by atoms with E-state index < -0.39 is 5.97 Å². The number of rotatable bonds is 8. The van der Waals surface area contributed by atoms with E-state index in [1.54, 1.807) is 30.5 Å². The molecule has 0 aliphatic carbocycles. The van der Waals surface area contributed by atoms with Crippen molar-refractivity contribution in [1.82, 2.24) is 4.98 Å². The van der Waals surface area contributed by atoms with Gasteiger partial charge in [-0.1, -0.05) is 36.4 Å². The number of nitrogens with one attached hydrogen (secondary N) is 1. The third kappa shape index (κ3) is 5.63. The van der Waals surface area contributed by atoms with Crippen molar-refractivity contribution in [3.05, 3.63) is 108 Å². The number of carboxylic acid groups (broad SMARTS) is 1. The van der Waals surface area contributed by atoms with E-state index in [0.717, 1.165) is 47.4 Å². The van der Waals surface area contributed by atoms with E-state index in [9.17, 15) is 9.59 Å².